The quantitative estimate of drug-likeness (QED) is 0.148. The highest BCUT2D eigenvalue weighted by atomic mass is 19.4. The Morgan fingerprint density at radius 3 is 1.69 bits per heavy atom. The molecule has 0 aliphatic heterocycles. The summed E-state index contributed by atoms with van der Waals surface area (Å²) in [5.74, 6) is 2.60. The number of halogens is 3. The third-order valence-corrected chi connectivity index (χ3v) is 6.82. The number of rotatable bonds is 13. The molecule has 12 heteroatoms. The predicted molar refractivity (Wildman–Crippen MR) is 164 cm³/mol. The molecule has 0 aliphatic rings. The van der Waals surface area contributed by atoms with Gasteiger partial charge in [0.1, 0.15) is 23.0 Å². The minimum atomic E-state index is -4.81. The molecule has 5 aromatic rings. The van der Waals surface area contributed by atoms with Crippen LogP contribution in [0.1, 0.15) is 16.7 Å². The van der Waals surface area contributed by atoms with Crippen molar-refractivity contribution in [3.05, 3.63) is 114 Å². The molecule has 1 aromatic heterocycles. The average molecular weight is 620 g/mol. The molecule has 5 rings (SSSR count). The number of anilines is 3. The number of aromatic nitrogens is 3. The van der Waals surface area contributed by atoms with E-state index < -0.39 is 6.36 Å². The lowest BCUT2D eigenvalue weighted by Crippen LogP contribution is -2.26. The topological polar surface area (TPSA) is 82.9 Å². The highest BCUT2D eigenvalue weighted by Crippen LogP contribution is 2.28. The highest BCUT2D eigenvalue weighted by molar-refractivity contribution is 5.57. The van der Waals surface area contributed by atoms with Gasteiger partial charge in [0.05, 0.1) is 27.9 Å². The maximum atomic E-state index is 12.8. The first kappa shape index (κ1) is 31.0. The van der Waals surface area contributed by atoms with Gasteiger partial charge in [-0.3, -0.25) is 0 Å². The van der Waals surface area contributed by atoms with Gasteiger partial charge in [-0.15, -0.1) is 18.3 Å². The summed E-state index contributed by atoms with van der Waals surface area (Å²) in [6, 6.07) is 28.6. The molecule has 234 valence electrons. The van der Waals surface area contributed by atoms with Gasteiger partial charge in [0, 0.05) is 24.8 Å². The van der Waals surface area contributed by atoms with Gasteiger partial charge in [-0.1, -0.05) is 42.5 Å². The van der Waals surface area contributed by atoms with E-state index >= 15 is 0 Å². The van der Waals surface area contributed by atoms with Gasteiger partial charge in [0.15, 0.2) is 0 Å². The SMILES string of the molecule is COc1ccc(CN(Cc2ccc(OC)cc2)c2nc(Nc3cccc(OC(F)(F)F)c3)nn2Cc2ccc(OC)cc2)cc1. The summed E-state index contributed by atoms with van der Waals surface area (Å²) in [5, 5.41) is 7.76. The molecule has 9 nitrogen and oxygen atoms in total. The van der Waals surface area contributed by atoms with Crippen LogP contribution in [-0.4, -0.2) is 42.5 Å². The zero-order valence-corrected chi connectivity index (χ0v) is 24.9. The summed E-state index contributed by atoms with van der Waals surface area (Å²) >= 11 is 0. The molecule has 0 aliphatic carbocycles. The van der Waals surface area contributed by atoms with Gasteiger partial charge in [-0.05, 0) is 65.2 Å². The van der Waals surface area contributed by atoms with Gasteiger partial charge in [-0.2, -0.15) is 4.98 Å². The molecule has 1 heterocycles. The van der Waals surface area contributed by atoms with Gasteiger partial charge in [0.25, 0.3) is 0 Å². The van der Waals surface area contributed by atoms with Crippen molar-refractivity contribution in [2.75, 3.05) is 31.5 Å². The van der Waals surface area contributed by atoms with Crippen molar-refractivity contribution in [3.63, 3.8) is 0 Å². The molecule has 0 saturated carbocycles. The molecule has 1 N–H and O–H groups in total. The van der Waals surface area contributed by atoms with E-state index in [-0.39, 0.29) is 11.7 Å². The van der Waals surface area contributed by atoms with Crippen molar-refractivity contribution >= 4 is 17.6 Å². The van der Waals surface area contributed by atoms with Crippen LogP contribution in [0, 0.1) is 0 Å². The molecule has 4 aromatic carbocycles. The van der Waals surface area contributed by atoms with Crippen LogP contribution in [0.4, 0.5) is 30.8 Å². The van der Waals surface area contributed by atoms with Gasteiger partial charge >= 0.3 is 6.36 Å². The minimum Gasteiger partial charge on any atom is -0.497 e. The molecule has 0 saturated heterocycles. The summed E-state index contributed by atoms with van der Waals surface area (Å²) in [4.78, 5) is 6.91. The zero-order chi connectivity index (χ0) is 31.8. The molecular weight excluding hydrogens is 587 g/mol. The molecule has 0 fully saturated rings. The van der Waals surface area contributed by atoms with E-state index in [1.54, 1.807) is 32.1 Å². The van der Waals surface area contributed by atoms with Crippen LogP contribution < -0.4 is 29.2 Å². The van der Waals surface area contributed by atoms with Crippen LogP contribution in [0.25, 0.3) is 0 Å². The monoisotopic (exact) mass is 619 g/mol. The molecule has 0 amide bonds. The molecule has 0 spiro atoms. The van der Waals surface area contributed by atoms with Gasteiger partial charge in [0.2, 0.25) is 11.9 Å². The smallest absolute Gasteiger partial charge is 0.497 e. The van der Waals surface area contributed by atoms with Crippen LogP contribution in [0.2, 0.25) is 0 Å². The van der Waals surface area contributed by atoms with E-state index in [1.165, 1.54) is 18.2 Å². The van der Waals surface area contributed by atoms with E-state index in [4.69, 9.17) is 24.3 Å². The number of hydrogen-bond donors (Lipinski definition) is 1. The summed E-state index contributed by atoms with van der Waals surface area (Å²) in [6.07, 6.45) is -4.81. The Labute approximate surface area is 258 Å². The zero-order valence-electron chi connectivity index (χ0n) is 24.9. The van der Waals surface area contributed by atoms with Crippen LogP contribution in [0.5, 0.6) is 23.0 Å². The predicted octanol–water partition coefficient (Wildman–Crippen LogP) is 7.20. The number of hydrogen-bond acceptors (Lipinski definition) is 8. The maximum Gasteiger partial charge on any atom is 0.573 e. The van der Waals surface area contributed by atoms with Crippen molar-refractivity contribution in [2.45, 2.75) is 26.0 Å². The second-order valence-corrected chi connectivity index (χ2v) is 9.99. The first-order valence-corrected chi connectivity index (χ1v) is 13.9. The molecule has 0 bridgehead atoms. The lowest BCUT2D eigenvalue weighted by molar-refractivity contribution is -0.274. The van der Waals surface area contributed by atoms with Crippen molar-refractivity contribution in [1.82, 2.24) is 14.8 Å². The van der Waals surface area contributed by atoms with Crippen LogP contribution >= 0.6 is 0 Å². The second-order valence-electron chi connectivity index (χ2n) is 9.99. The number of nitrogens with one attached hydrogen (secondary N) is 1. The highest BCUT2D eigenvalue weighted by Gasteiger charge is 2.31. The fourth-order valence-electron chi connectivity index (χ4n) is 4.63. The summed E-state index contributed by atoms with van der Waals surface area (Å²) < 4.78 is 60.4. The van der Waals surface area contributed by atoms with Gasteiger partial charge < -0.3 is 29.2 Å². The van der Waals surface area contributed by atoms with Gasteiger partial charge in [-0.25, -0.2) is 4.68 Å². The van der Waals surface area contributed by atoms with Crippen LogP contribution in [0.3, 0.4) is 0 Å². The maximum absolute atomic E-state index is 12.8. The fraction of sp³-hybridized carbons (Fsp3) is 0.212. The van der Waals surface area contributed by atoms with Crippen LogP contribution in [-0.2, 0) is 19.6 Å². The first-order chi connectivity index (χ1) is 21.7. The summed E-state index contributed by atoms with van der Waals surface area (Å²) in [7, 11) is 4.84. The molecule has 0 atom stereocenters. The first-order valence-electron chi connectivity index (χ1n) is 13.9. The Bertz CT molecular complexity index is 1630. The molecule has 45 heavy (non-hydrogen) atoms. The van der Waals surface area contributed by atoms with E-state index in [2.05, 4.69) is 15.0 Å². The molecule has 0 radical (unpaired) electrons. The summed E-state index contributed by atoms with van der Waals surface area (Å²) in [5.41, 5.74) is 3.30. The standard InChI is InChI=1S/C33H32F3N5O4/c1-42-27-13-7-23(8-14-27)20-40(21-24-9-15-28(43-2)16-10-24)32-38-31(37-26-5-4-6-30(19-26)45-33(34,35)36)39-41(32)22-25-11-17-29(44-3)18-12-25/h4-19H,20-22H2,1-3H3,(H,37,39). The Morgan fingerprint density at radius 2 is 1.20 bits per heavy atom. The Hall–Kier alpha value is -5.39. The van der Waals surface area contributed by atoms with E-state index in [9.17, 15) is 13.2 Å². The lowest BCUT2D eigenvalue weighted by atomic mass is 10.1. The number of methoxy groups -OCH3 is 3. The van der Waals surface area contributed by atoms with E-state index in [1.807, 2.05) is 72.8 Å². The van der Waals surface area contributed by atoms with Crippen molar-refractivity contribution < 1.29 is 32.1 Å². The molecule has 0 unspecified atom stereocenters. The minimum absolute atomic E-state index is 0.206. The normalized spacial score (nSPS) is 11.2. The lowest BCUT2D eigenvalue weighted by Gasteiger charge is -2.24. The van der Waals surface area contributed by atoms with E-state index in [0.717, 1.165) is 33.9 Å². The number of ether oxygens (including phenoxy) is 4. The molecular formula is C33H32F3N5O4. The largest absolute Gasteiger partial charge is 0.573 e. The Balaban J connectivity index is 1.52. The second kappa shape index (κ2) is 13.9. The average Bonchev–Trinajstić information content (AvgIpc) is 3.42. The third-order valence-electron chi connectivity index (χ3n) is 6.82. The van der Waals surface area contributed by atoms with Crippen molar-refractivity contribution in [3.8, 4) is 23.0 Å². The fourth-order valence-corrected chi connectivity index (χ4v) is 4.63. The van der Waals surface area contributed by atoms with Crippen LogP contribution in [0.15, 0.2) is 97.1 Å². The third kappa shape index (κ3) is 8.59. The number of benzene rings is 4. The summed E-state index contributed by atoms with van der Waals surface area (Å²) in [6.45, 7) is 1.32. The Kier molecular flexibility index (Phi) is 9.61. The van der Waals surface area contributed by atoms with Crippen molar-refractivity contribution in [2.24, 2.45) is 0 Å². The number of alkyl halides is 3. The van der Waals surface area contributed by atoms with E-state index in [0.29, 0.717) is 31.3 Å². The number of nitrogens with zero attached hydrogens (tertiary/aromatic N) is 4. The Morgan fingerprint density at radius 1 is 0.689 bits per heavy atom. The van der Waals surface area contributed by atoms with Crippen molar-refractivity contribution in [1.29, 1.82) is 0 Å².